The van der Waals surface area contributed by atoms with E-state index in [1.54, 1.807) is 32.3 Å². The van der Waals surface area contributed by atoms with E-state index in [1.165, 1.54) is 12.1 Å². The molecule has 1 aromatic heterocycles. The van der Waals surface area contributed by atoms with Crippen LogP contribution in [0.25, 0.3) is 0 Å². The van der Waals surface area contributed by atoms with Gasteiger partial charge in [-0.15, -0.1) is 0 Å². The third-order valence-electron chi connectivity index (χ3n) is 8.81. The zero-order valence-electron chi connectivity index (χ0n) is 20.1. The third kappa shape index (κ3) is 4.12. The third-order valence-corrected chi connectivity index (χ3v) is 9.10. The summed E-state index contributed by atoms with van der Waals surface area (Å²) in [6, 6.07) is 7.74. The molecule has 8 heteroatoms. The minimum Gasteiger partial charge on any atom is -0.354 e. The molecule has 2 amide bonds. The summed E-state index contributed by atoms with van der Waals surface area (Å²) in [5.41, 5.74) is 6.84. The molecule has 4 fully saturated rings. The maximum atomic E-state index is 13.6. The summed E-state index contributed by atoms with van der Waals surface area (Å²) in [7, 11) is 0. The van der Waals surface area contributed by atoms with Gasteiger partial charge in [-0.2, -0.15) is 0 Å². The van der Waals surface area contributed by atoms with Crippen LogP contribution in [0.5, 0.6) is 0 Å². The molecule has 4 aliphatic carbocycles. The van der Waals surface area contributed by atoms with Gasteiger partial charge < -0.3 is 16.4 Å². The first-order valence-corrected chi connectivity index (χ1v) is 12.7. The second kappa shape index (κ2) is 8.86. The van der Waals surface area contributed by atoms with Crippen molar-refractivity contribution >= 4 is 29.1 Å². The van der Waals surface area contributed by atoms with E-state index in [-0.39, 0.29) is 40.1 Å². The summed E-state index contributed by atoms with van der Waals surface area (Å²) in [5.74, 6) is 0.780. The Morgan fingerprint density at radius 1 is 1.23 bits per heavy atom. The first-order chi connectivity index (χ1) is 16.6. The molecule has 0 aliphatic heterocycles. The molecule has 0 saturated heterocycles. The summed E-state index contributed by atoms with van der Waals surface area (Å²) in [6.07, 6.45) is 7.25. The minimum atomic E-state index is -0.893. The normalized spacial score (nSPS) is 29.7. The highest BCUT2D eigenvalue weighted by Gasteiger charge is 2.66. The fraction of sp³-hybridized carbons (Fsp3) is 0.519. The second-order valence-corrected chi connectivity index (χ2v) is 11.6. The molecule has 6 nitrogen and oxygen atoms in total. The lowest BCUT2D eigenvalue weighted by atomic mass is 9.72. The molecule has 4 N–H and O–H groups in total. The zero-order valence-corrected chi connectivity index (χ0v) is 20.8. The van der Waals surface area contributed by atoms with Crippen molar-refractivity contribution in [3.8, 4) is 0 Å². The summed E-state index contributed by atoms with van der Waals surface area (Å²) in [5, 5.41) is 6.13. The Morgan fingerprint density at radius 3 is 2.69 bits per heavy atom. The predicted octanol–water partition coefficient (Wildman–Crippen LogP) is 4.29. The van der Waals surface area contributed by atoms with E-state index in [2.05, 4.69) is 15.6 Å². The number of benzene rings is 1. The number of carbonyl (C=O) groups excluding carboxylic acids is 2. The van der Waals surface area contributed by atoms with Crippen LogP contribution in [0.4, 0.5) is 10.1 Å². The Morgan fingerprint density at radius 2 is 1.97 bits per heavy atom. The fourth-order valence-electron chi connectivity index (χ4n) is 7.15. The number of hydrogen-bond donors (Lipinski definition) is 3. The van der Waals surface area contributed by atoms with Crippen LogP contribution in [0.3, 0.4) is 0 Å². The quantitative estimate of drug-likeness (QED) is 0.530. The standard InChI is InChI=1S/C27H32ClFN4O2/c1-26(2,17-3-4-21(29)20(28)11-17)24(34)32-14-22(30)23-16-9-15-10-19(23)27(12-15,13-16)25(35)33-18-5-7-31-8-6-18/h3-8,11,15-16,19,22-23H,9-10,12-14,30H2,1-2H3,(H,32,34)(H,31,33,35). The van der Waals surface area contributed by atoms with Crippen LogP contribution in [0.1, 0.15) is 45.1 Å². The van der Waals surface area contributed by atoms with E-state index in [9.17, 15) is 14.0 Å². The van der Waals surface area contributed by atoms with Crippen LogP contribution in [-0.2, 0) is 15.0 Å². The topological polar surface area (TPSA) is 97.1 Å². The number of rotatable bonds is 7. The molecule has 2 aromatic rings. The Bertz CT molecular complexity index is 1140. The lowest BCUT2D eigenvalue weighted by molar-refractivity contribution is -0.128. The van der Waals surface area contributed by atoms with Crippen LogP contribution in [-0.4, -0.2) is 29.4 Å². The van der Waals surface area contributed by atoms with Crippen molar-refractivity contribution < 1.29 is 14.0 Å². The van der Waals surface area contributed by atoms with E-state index < -0.39 is 11.2 Å². The zero-order chi connectivity index (χ0) is 25.0. The van der Waals surface area contributed by atoms with Gasteiger partial charge >= 0.3 is 0 Å². The van der Waals surface area contributed by atoms with Gasteiger partial charge in [0.15, 0.2) is 0 Å². The van der Waals surface area contributed by atoms with Crippen molar-refractivity contribution in [3.05, 3.63) is 59.1 Å². The van der Waals surface area contributed by atoms with Crippen LogP contribution < -0.4 is 16.4 Å². The van der Waals surface area contributed by atoms with Gasteiger partial charge in [0.2, 0.25) is 11.8 Å². The van der Waals surface area contributed by atoms with Gasteiger partial charge in [-0.3, -0.25) is 14.6 Å². The highest BCUT2D eigenvalue weighted by Crippen LogP contribution is 2.68. The number of pyridine rings is 1. The Labute approximate surface area is 210 Å². The first-order valence-electron chi connectivity index (χ1n) is 12.3. The number of amides is 2. The average molecular weight is 499 g/mol. The SMILES string of the molecule is CC(C)(C(=O)NCC(N)C1C2CC3CC1C(C(=O)Nc1ccncc1)(C3)C2)c1ccc(F)c(Cl)c1. The van der Waals surface area contributed by atoms with E-state index in [1.807, 2.05) is 12.1 Å². The number of anilines is 1. The van der Waals surface area contributed by atoms with E-state index in [0.717, 1.165) is 31.4 Å². The van der Waals surface area contributed by atoms with Gasteiger partial charge in [0, 0.05) is 30.7 Å². The van der Waals surface area contributed by atoms with Gasteiger partial charge in [0.1, 0.15) is 5.82 Å². The number of hydrogen-bond acceptors (Lipinski definition) is 4. The van der Waals surface area contributed by atoms with Crippen LogP contribution in [0.15, 0.2) is 42.7 Å². The second-order valence-electron chi connectivity index (χ2n) is 11.2. The molecule has 0 spiro atoms. The molecule has 0 radical (unpaired) electrons. The molecular weight excluding hydrogens is 467 g/mol. The number of carbonyl (C=O) groups is 2. The van der Waals surface area contributed by atoms with Crippen molar-refractivity contribution in [1.82, 2.24) is 10.3 Å². The molecule has 4 saturated carbocycles. The molecular formula is C27H32ClFN4O2. The van der Waals surface area contributed by atoms with Crippen molar-refractivity contribution in [3.63, 3.8) is 0 Å². The number of nitrogens with two attached hydrogens (primary N) is 1. The lowest BCUT2D eigenvalue weighted by Crippen LogP contribution is -2.50. The lowest BCUT2D eigenvalue weighted by Gasteiger charge is -2.36. The highest BCUT2D eigenvalue weighted by atomic mass is 35.5. The van der Waals surface area contributed by atoms with Gasteiger partial charge in [-0.25, -0.2) is 4.39 Å². The van der Waals surface area contributed by atoms with Gasteiger partial charge in [-0.1, -0.05) is 17.7 Å². The van der Waals surface area contributed by atoms with E-state index in [4.69, 9.17) is 17.3 Å². The summed E-state index contributed by atoms with van der Waals surface area (Å²) in [4.78, 5) is 30.6. The number of aromatic nitrogens is 1. The maximum absolute atomic E-state index is 13.6. The maximum Gasteiger partial charge on any atom is 0.230 e. The first kappa shape index (κ1) is 24.2. The molecule has 1 aromatic carbocycles. The van der Waals surface area contributed by atoms with E-state index >= 15 is 0 Å². The van der Waals surface area contributed by atoms with E-state index in [0.29, 0.717) is 23.9 Å². The largest absolute Gasteiger partial charge is 0.354 e. The van der Waals surface area contributed by atoms with Crippen molar-refractivity contribution in [2.75, 3.05) is 11.9 Å². The van der Waals surface area contributed by atoms with Crippen LogP contribution in [0, 0.1) is 34.9 Å². The Balaban J connectivity index is 1.26. The molecule has 6 unspecified atom stereocenters. The molecule has 6 atom stereocenters. The number of nitrogens with one attached hydrogen (secondary N) is 2. The molecule has 4 aliphatic rings. The molecule has 1 heterocycles. The van der Waals surface area contributed by atoms with Crippen molar-refractivity contribution in [2.24, 2.45) is 34.8 Å². The summed E-state index contributed by atoms with van der Waals surface area (Å²) < 4.78 is 13.6. The van der Waals surface area contributed by atoms with Gasteiger partial charge in [-0.05, 0) is 93.0 Å². The number of nitrogens with zero attached hydrogens (tertiary/aromatic N) is 1. The highest BCUT2D eigenvalue weighted by molar-refractivity contribution is 6.30. The van der Waals surface area contributed by atoms with Gasteiger partial charge in [0.25, 0.3) is 0 Å². The Kier molecular flexibility index (Phi) is 6.12. The van der Waals surface area contributed by atoms with Crippen LogP contribution >= 0.6 is 11.6 Å². The average Bonchev–Trinajstić information content (AvgIpc) is 3.22. The minimum absolute atomic E-state index is 0.00631. The summed E-state index contributed by atoms with van der Waals surface area (Å²) >= 11 is 5.94. The smallest absolute Gasteiger partial charge is 0.230 e. The molecule has 6 rings (SSSR count). The molecule has 186 valence electrons. The Hall–Kier alpha value is -2.51. The van der Waals surface area contributed by atoms with Crippen LogP contribution in [0.2, 0.25) is 5.02 Å². The monoisotopic (exact) mass is 498 g/mol. The molecule has 35 heavy (non-hydrogen) atoms. The predicted molar refractivity (Wildman–Crippen MR) is 133 cm³/mol. The van der Waals surface area contributed by atoms with Gasteiger partial charge in [0.05, 0.1) is 15.9 Å². The van der Waals surface area contributed by atoms with Crippen molar-refractivity contribution in [1.29, 1.82) is 0 Å². The molecule has 4 bridgehead atoms. The fourth-order valence-corrected chi connectivity index (χ4v) is 7.33. The number of halogens is 2. The summed E-state index contributed by atoms with van der Waals surface area (Å²) in [6.45, 7) is 3.91. The van der Waals surface area contributed by atoms with Crippen molar-refractivity contribution in [2.45, 2.75) is 51.0 Å².